The van der Waals surface area contributed by atoms with Crippen molar-refractivity contribution in [3.05, 3.63) is 84.1 Å². The highest BCUT2D eigenvalue weighted by molar-refractivity contribution is 7.90. The number of fused-ring (bicyclic) bond motifs is 1. The van der Waals surface area contributed by atoms with E-state index in [4.69, 9.17) is 14.2 Å². The summed E-state index contributed by atoms with van der Waals surface area (Å²) in [5.41, 5.74) is 0.568. The Balaban J connectivity index is 1.99. The van der Waals surface area contributed by atoms with Crippen molar-refractivity contribution in [2.75, 3.05) is 21.3 Å². The van der Waals surface area contributed by atoms with Gasteiger partial charge in [0.25, 0.3) is 10.0 Å². The molecule has 0 aliphatic carbocycles. The van der Waals surface area contributed by atoms with Crippen molar-refractivity contribution in [3.8, 4) is 17.2 Å². The fourth-order valence-corrected chi connectivity index (χ4v) is 5.07. The van der Waals surface area contributed by atoms with Gasteiger partial charge in [-0.05, 0) is 48.5 Å². The second-order valence-corrected chi connectivity index (χ2v) is 8.72. The maximum absolute atomic E-state index is 13.6. The molecular weight excluding hydrogens is 430 g/mol. The Labute approximate surface area is 185 Å². The third kappa shape index (κ3) is 3.58. The standard InChI is InChI=1S/C24H21NO6S/c1-29-17-10-12-21-16(13-17)14-22(25(21)32(27,28)19-7-5-4-6-8-19)24(26)20-11-9-18(30-2)15-23(20)31-3/h4-15H,1-3H3. The number of carbonyl (C=O) groups excluding carboxylic acids is 1. The van der Waals surface area contributed by atoms with Gasteiger partial charge in [-0.2, -0.15) is 0 Å². The summed E-state index contributed by atoms with van der Waals surface area (Å²) in [6.45, 7) is 0. The third-order valence-corrected chi connectivity index (χ3v) is 6.87. The van der Waals surface area contributed by atoms with E-state index in [0.29, 0.717) is 22.4 Å². The van der Waals surface area contributed by atoms with E-state index in [1.54, 1.807) is 60.7 Å². The van der Waals surface area contributed by atoms with Crippen LogP contribution in [0.15, 0.2) is 77.7 Å². The molecule has 1 aromatic heterocycles. The molecule has 0 fully saturated rings. The number of rotatable bonds is 7. The van der Waals surface area contributed by atoms with E-state index in [1.807, 2.05) is 0 Å². The van der Waals surface area contributed by atoms with E-state index in [0.717, 1.165) is 3.97 Å². The first-order valence-corrected chi connectivity index (χ1v) is 11.1. The highest BCUT2D eigenvalue weighted by Crippen LogP contribution is 2.32. The molecule has 0 unspecified atom stereocenters. The summed E-state index contributed by atoms with van der Waals surface area (Å²) in [5.74, 6) is 0.841. The Hall–Kier alpha value is -3.78. The van der Waals surface area contributed by atoms with E-state index in [2.05, 4.69) is 0 Å². The van der Waals surface area contributed by atoms with Crippen molar-refractivity contribution >= 4 is 26.7 Å². The summed E-state index contributed by atoms with van der Waals surface area (Å²) < 4.78 is 44.1. The van der Waals surface area contributed by atoms with Crippen molar-refractivity contribution in [1.29, 1.82) is 0 Å². The smallest absolute Gasteiger partial charge is 0.268 e. The summed E-state index contributed by atoms with van der Waals surface area (Å²) in [6.07, 6.45) is 0. The van der Waals surface area contributed by atoms with Crippen LogP contribution in [-0.4, -0.2) is 39.5 Å². The van der Waals surface area contributed by atoms with E-state index < -0.39 is 15.8 Å². The third-order valence-electron chi connectivity index (χ3n) is 5.13. The van der Waals surface area contributed by atoms with E-state index in [1.165, 1.54) is 33.5 Å². The normalized spacial score (nSPS) is 11.3. The monoisotopic (exact) mass is 451 g/mol. The number of methoxy groups -OCH3 is 3. The first kappa shape index (κ1) is 21.5. The number of ketones is 1. The van der Waals surface area contributed by atoms with E-state index in [-0.39, 0.29) is 21.9 Å². The molecule has 0 spiro atoms. The van der Waals surface area contributed by atoms with Crippen molar-refractivity contribution in [2.24, 2.45) is 0 Å². The largest absolute Gasteiger partial charge is 0.497 e. The van der Waals surface area contributed by atoms with E-state index >= 15 is 0 Å². The summed E-state index contributed by atoms with van der Waals surface area (Å²) in [5, 5.41) is 0.555. The SMILES string of the molecule is COc1ccc(C(=O)c2cc3cc(OC)ccc3n2S(=O)(=O)c2ccccc2)c(OC)c1. The molecule has 4 rings (SSSR count). The minimum atomic E-state index is -4.07. The van der Waals surface area contributed by atoms with E-state index in [9.17, 15) is 13.2 Å². The van der Waals surface area contributed by atoms with Gasteiger partial charge in [0.1, 0.15) is 22.9 Å². The van der Waals surface area contributed by atoms with Crippen LogP contribution in [0.1, 0.15) is 16.1 Å². The number of hydrogen-bond donors (Lipinski definition) is 0. The number of aromatic nitrogens is 1. The molecule has 0 amide bonds. The summed E-state index contributed by atoms with van der Waals surface area (Å²) in [4.78, 5) is 13.7. The second-order valence-electron chi connectivity index (χ2n) is 6.93. The van der Waals surface area contributed by atoms with Crippen LogP contribution in [0.25, 0.3) is 10.9 Å². The Morgan fingerprint density at radius 2 is 1.44 bits per heavy atom. The van der Waals surface area contributed by atoms with Crippen molar-refractivity contribution in [3.63, 3.8) is 0 Å². The molecular formula is C24H21NO6S. The Bertz CT molecular complexity index is 1410. The van der Waals surface area contributed by atoms with Crippen molar-refractivity contribution < 1.29 is 27.4 Å². The van der Waals surface area contributed by atoms with Crippen LogP contribution < -0.4 is 14.2 Å². The summed E-state index contributed by atoms with van der Waals surface area (Å²) >= 11 is 0. The average Bonchev–Trinajstić information content (AvgIpc) is 3.23. The molecule has 164 valence electrons. The zero-order valence-corrected chi connectivity index (χ0v) is 18.5. The lowest BCUT2D eigenvalue weighted by Crippen LogP contribution is -2.19. The van der Waals surface area contributed by atoms with Crippen LogP contribution in [-0.2, 0) is 10.0 Å². The zero-order valence-electron chi connectivity index (χ0n) is 17.7. The highest BCUT2D eigenvalue weighted by atomic mass is 32.2. The fraction of sp³-hybridized carbons (Fsp3) is 0.125. The van der Waals surface area contributed by atoms with Gasteiger partial charge in [-0.3, -0.25) is 4.79 Å². The lowest BCUT2D eigenvalue weighted by Gasteiger charge is -2.13. The van der Waals surface area contributed by atoms with Gasteiger partial charge in [0.05, 0.1) is 37.3 Å². The number of benzene rings is 3. The molecule has 32 heavy (non-hydrogen) atoms. The molecule has 0 aliphatic rings. The molecule has 0 saturated heterocycles. The van der Waals surface area contributed by atoms with Crippen molar-refractivity contribution in [1.82, 2.24) is 3.97 Å². The molecule has 8 heteroatoms. The van der Waals surface area contributed by atoms with Gasteiger partial charge in [0.2, 0.25) is 5.78 Å². The Morgan fingerprint density at radius 3 is 2.09 bits per heavy atom. The van der Waals surface area contributed by atoms with Gasteiger partial charge >= 0.3 is 0 Å². The van der Waals surface area contributed by atoms with Crippen LogP contribution in [0, 0.1) is 0 Å². The second kappa shape index (κ2) is 8.39. The topological polar surface area (TPSA) is 83.8 Å². The quantitative estimate of drug-likeness (QED) is 0.393. The van der Waals surface area contributed by atoms with Crippen LogP contribution in [0.3, 0.4) is 0 Å². The molecule has 7 nitrogen and oxygen atoms in total. The van der Waals surface area contributed by atoms with Crippen LogP contribution in [0.4, 0.5) is 0 Å². The summed E-state index contributed by atoms with van der Waals surface area (Å²) in [6, 6.07) is 19.2. The zero-order chi connectivity index (χ0) is 22.9. The van der Waals surface area contributed by atoms with Gasteiger partial charge in [-0.25, -0.2) is 12.4 Å². The number of nitrogens with zero attached hydrogens (tertiary/aromatic N) is 1. The molecule has 0 saturated carbocycles. The molecule has 0 radical (unpaired) electrons. The molecule has 1 heterocycles. The Morgan fingerprint density at radius 1 is 0.781 bits per heavy atom. The first-order valence-electron chi connectivity index (χ1n) is 9.67. The number of carbonyl (C=O) groups is 1. The molecule has 4 aromatic rings. The molecule has 0 aliphatic heterocycles. The minimum absolute atomic E-state index is 0.0134. The molecule has 0 atom stereocenters. The molecule has 3 aromatic carbocycles. The lowest BCUT2D eigenvalue weighted by atomic mass is 10.1. The Kier molecular flexibility index (Phi) is 5.63. The number of ether oxygens (including phenoxy) is 3. The lowest BCUT2D eigenvalue weighted by molar-refractivity contribution is 0.103. The molecule has 0 bridgehead atoms. The highest BCUT2D eigenvalue weighted by Gasteiger charge is 2.28. The fourth-order valence-electron chi connectivity index (χ4n) is 3.53. The predicted octanol–water partition coefficient (Wildman–Crippen LogP) is 4.14. The number of hydrogen-bond acceptors (Lipinski definition) is 6. The van der Waals surface area contributed by atoms with Gasteiger partial charge < -0.3 is 14.2 Å². The molecule has 0 N–H and O–H groups in total. The van der Waals surface area contributed by atoms with Gasteiger partial charge in [0, 0.05) is 11.5 Å². The average molecular weight is 452 g/mol. The first-order chi connectivity index (χ1) is 15.4. The van der Waals surface area contributed by atoms with Crippen LogP contribution in [0.2, 0.25) is 0 Å². The maximum atomic E-state index is 13.6. The van der Waals surface area contributed by atoms with Gasteiger partial charge in [-0.15, -0.1) is 0 Å². The van der Waals surface area contributed by atoms with Gasteiger partial charge in [-0.1, -0.05) is 18.2 Å². The minimum Gasteiger partial charge on any atom is -0.497 e. The van der Waals surface area contributed by atoms with Crippen LogP contribution >= 0.6 is 0 Å². The summed E-state index contributed by atoms with van der Waals surface area (Å²) in [7, 11) is 0.398. The van der Waals surface area contributed by atoms with Gasteiger partial charge in [0.15, 0.2) is 0 Å². The van der Waals surface area contributed by atoms with Crippen molar-refractivity contribution in [2.45, 2.75) is 4.90 Å². The van der Waals surface area contributed by atoms with Crippen LogP contribution in [0.5, 0.6) is 17.2 Å². The predicted molar refractivity (Wildman–Crippen MR) is 120 cm³/mol. The maximum Gasteiger partial charge on any atom is 0.268 e.